The Labute approximate surface area is 482 Å². The largest absolute Gasteiger partial charge is 0.493 e. The first-order valence-electron chi connectivity index (χ1n) is 22.8. The van der Waals surface area contributed by atoms with E-state index >= 15 is 8.78 Å². The second-order valence-electron chi connectivity index (χ2n) is 17.5. The molecule has 8 aromatic rings. The highest BCUT2D eigenvalue weighted by Crippen LogP contribution is 2.41. The number of aliphatic hydroxyl groups excluding tert-OH is 5. The average Bonchev–Trinajstić information content (AvgIpc) is 0.760. The summed E-state index contributed by atoms with van der Waals surface area (Å²) in [6, 6.07) is 18.5. The predicted molar refractivity (Wildman–Crippen MR) is 301 cm³/mol. The van der Waals surface area contributed by atoms with Crippen LogP contribution < -0.4 is 5.32 Å². The molecule has 0 aromatic heterocycles. The van der Waals surface area contributed by atoms with Gasteiger partial charge in [0.2, 0.25) is 23.6 Å². The normalized spacial score (nSPS) is 13.8. The van der Waals surface area contributed by atoms with Crippen molar-refractivity contribution in [2.24, 2.45) is 25.0 Å². The number of nitrogens with zero attached hydrogens (tertiary/aromatic N) is 5. The second-order valence-corrected chi connectivity index (χ2v) is 25.9. The molecule has 0 saturated heterocycles. The van der Waals surface area contributed by atoms with Crippen molar-refractivity contribution in [3.63, 3.8) is 0 Å². The number of hydrogen-bond donors (Lipinski definition) is 12. The van der Waals surface area contributed by atoms with Crippen LogP contribution in [0, 0.1) is 11.6 Å². The first-order valence-corrected chi connectivity index (χ1v) is 31.4. The Balaban J connectivity index is 1.04. The van der Waals surface area contributed by atoms with Gasteiger partial charge in [-0.3, -0.25) is 27.3 Å². The van der Waals surface area contributed by atoms with Gasteiger partial charge in [-0.15, -0.1) is 0 Å². The fourth-order valence-electron chi connectivity index (χ4n) is 8.01. The lowest BCUT2D eigenvalue weighted by molar-refractivity contribution is 0.477. The Kier molecular flexibility index (Phi) is 16.8. The summed E-state index contributed by atoms with van der Waals surface area (Å²) in [7, 11) is -32.2. The quantitative estimate of drug-likeness (QED) is 0.0248. The van der Waals surface area contributed by atoms with Crippen molar-refractivity contribution >= 4 is 146 Å². The van der Waals surface area contributed by atoms with Crippen LogP contribution in [0.3, 0.4) is 0 Å². The van der Waals surface area contributed by atoms with Crippen LogP contribution in [-0.4, -0.2) is 133 Å². The smallest absolute Gasteiger partial charge is 0.295 e. The van der Waals surface area contributed by atoms with E-state index in [1.807, 2.05) is 0 Å². The molecule has 0 heterocycles. The molecule has 29 nitrogen and oxygen atoms in total. The molecule has 448 valence electrons. The first-order chi connectivity index (χ1) is 39.8. The van der Waals surface area contributed by atoms with E-state index in [1.165, 1.54) is 42.5 Å². The minimum Gasteiger partial charge on any atom is -0.493 e. The van der Waals surface area contributed by atoms with E-state index in [9.17, 15) is 103 Å². The molecule has 0 aliphatic carbocycles. The minimum absolute atomic E-state index is 0.0147. The fourth-order valence-corrected chi connectivity index (χ4v) is 12.1. The summed E-state index contributed by atoms with van der Waals surface area (Å²) < 4.78 is 236. The Morgan fingerprint density at radius 2 is 0.709 bits per heavy atom. The van der Waals surface area contributed by atoms with Gasteiger partial charge in [-0.2, -0.15) is 55.5 Å². The molecule has 0 amide bonds. The number of rotatable bonds is 16. The Morgan fingerprint density at radius 1 is 0.349 bits per heavy atom. The molecule has 8 rings (SSSR count). The van der Waals surface area contributed by atoms with Gasteiger partial charge in [-0.1, -0.05) is 12.1 Å². The predicted octanol–water partition coefficient (Wildman–Crippen LogP) is 7.95. The summed E-state index contributed by atoms with van der Waals surface area (Å²) in [5.41, 5.74) is -3.85. The number of aliphatic imine (C=N–C) groups is 5. The van der Waals surface area contributed by atoms with E-state index in [0.717, 1.165) is 54.6 Å². The zero-order chi connectivity index (χ0) is 63.4. The molecule has 8 aromatic carbocycles. The van der Waals surface area contributed by atoms with E-state index in [2.05, 4.69) is 30.3 Å². The third kappa shape index (κ3) is 13.9. The summed E-state index contributed by atoms with van der Waals surface area (Å²) in [4.78, 5) is 12.0. The number of benzene rings is 8. The Hall–Kier alpha value is -9.25. The number of hydrogen-bond acceptors (Lipinski definition) is 17. The summed E-state index contributed by atoms with van der Waals surface area (Å²) in [5, 5.41) is 53.9. The summed E-state index contributed by atoms with van der Waals surface area (Å²) in [5.74, 6) is -6.11. The highest BCUT2D eigenvalue weighted by atomic mass is 32.2. The highest BCUT2D eigenvalue weighted by Gasteiger charge is 2.29. The van der Waals surface area contributed by atoms with E-state index in [0.29, 0.717) is 24.3 Å². The maximum atomic E-state index is 15.2. The van der Waals surface area contributed by atoms with E-state index in [4.69, 9.17) is 0 Å². The van der Waals surface area contributed by atoms with Gasteiger partial charge >= 0.3 is 0 Å². The van der Waals surface area contributed by atoms with Crippen LogP contribution in [0.5, 0.6) is 0 Å². The topological polar surface area (TPSA) is 501 Å². The maximum Gasteiger partial charge on any atom is 0.295 e. The Bertz CT molecular complexity index is 5120. The van der Waals surface area contributed by atoms with Crippen molar-refractivity contribution < 1.29 is 112 Å². The van der Waals surface area contributed by atoms with Crippen LogP contribution in [0.25, 0.3) is 21.5 Å². The highest BCUT2D eigenvalue weighted by molar-refractivity contribution is 7.88. The number of amidine groups is 1. The van der Waals surface area contributed by atoms with Gasteiger partial charge in [0.05, 0.1) is 26.9 Å². The molecule has 0 atom stereocenters. The molecule has 0 saturated carbocycles. The van der Waals surface area contributed by atoms with Gasteiger partial charge in [-0.05, 0) is 121 Å². The molecule has 0 bridgehead atoms. The molecule has 37 heteroatoms. The number of nitrogens with one attached hydrogen (secondary N) is 1. The van der Waals surface area contributed by atoms with Crippen LogP contribution in [0.2, 0.25) is 0 Å². The molecule has 0 fully saturated rings. The van der Waals surface area contributed by atoms with Crippen LogP contribution in [0.4, 0.5) is 42.9 Å². The second kappa shape index (κ2) is 23.0. The zero-order valence-electron chi connectivity index (χ0n) is 42.0. The average molecular weight is 1310 g/mol. The van der Waals surface area contributed by atoms with Gasteiger partial charge in [0.15, 0.2) is 0 Å². The first kappa shape index (κ1) is 62.8. The van der Waals surface area contributed by atoms with Crippen molar-refractivity contribution in [3.05, 3.63) is 167 Å². The monoisotopic (exact) mass is 1300 g/mol. The van der Waals surface area contributed by atoms with Crippen molar-refractivity contribution in [1.29, 1.82) is 0 Å². The van der Waals surface area contributed by atoms with Crippen LogP contribution in [0.1, 0.15) is 22.3 Å². The van der Waals surface area contributed by atoms with Crippen molar-refractivity contribution in [2.45, 2.75) is 29.4 Å². The van der Waals surface area contributed by atoms with Gasteiger partial charge in [0.1, 0.15) is 42.6 Å². The molecule has 0 spiro atoms. The standard InChI is InChI=1S/C49H34F2N6O23S6/c50-33-9-7-25(47(60)54-35-11-13-39(83(69,70)71)31-19-29(81(63,64)65)21-41(43(31)35)85(75,76)77)17-37(33)56-45(58)23-3-1-5-27(15-23)52-49(62)53-28-6-2-4-24(16-28)46(59)57-38-18-26(8-10-34(38)51)48(61)55-36-12-14-40(84(72,73)74)32-20-30(82(66,67)68)22-42(44(32)36)86(78,79)80/h1-22H,(H,54,60)(H,55,61)(H,56,58)(H,57,59)(H2,52,53,62)(H,63,64,65)(H,66,67,68)(H,69,70,71)(H,72,73,74)(H,75,76,77)(H,78,79,80). The lowest BCUT2D eigenvalue weighted by atomic mass is 10.1. The molecule has 86 heavy (non-hydrogen) atoms. The van der Waals surface area contributed by atoms with Crippen LogP contribution in [0.15, 0.2) is 188 Å². The van der Waals surface area contributed by atoms with E-state index < -0.39 is 187 Å². The third-order valence-electron chi connectivity index (χ3n) is 11.7. The van der Waals surface area contributed by atoms with Crippen molar-refractivity contribution in [1.82, 2.24) is 0 Å². The van der Waals surface area contributed by atoms with Gasteiger partial charge < -0.3 is 30.8 Å². The number of fused-ring (bicyclic) bond motifs is 2. The molecule has 0 unspecified atom stereocenters. The Morgan fingerprint density at radius 3 is 1.09 bits per heavy atom. The molecule has 12 N–H and O–H groups in total. The summed E-state index contributed by atoms with van der Waals surface area (Å²) >= 11 is 0. The molecule has 0 aliphatic heterocycles. The maximum absolute atomic E-state index is 15.2. The van der Waals surface area contributed by atoms with Crippen LogP contribution >= 0.6 is 0 Å². The lowest BCUT2D eigenvalue weighted by Gasteiger charge is -2.12. The molecular formula is C49H34F2N6O23S6. The van der Waals surface area contributed by atoms with Crippen molar-refractivity contribution in [3.8, 4) is 0 Å². The number of halogens is 2. The number of anilines is 1. The van der Waals surface area contributed by atoms with Crippen LogP contribution in [-0.2, 0) is 60.7 Å². The van der Waals surface area contributed by atoms with Gasteiger partial charge in [-0.25, -0.2) is 28.8 Å². The zero-order valence-corrected chi connectivity index (χ0v) is 46.9. The molecule has 0 aliphatic rings. The molecule has 0 radical (unpaired) electrons. The lowest BCUT2D eigenvalue weighted by Crippen LogP contribution is -2.11. The molecular weight excluding hydrogens is 1270 g/mol. The number of aliphatic hydroxyl groups is 5. The fraction of sp³-hybridized carbons (Fsp3) is 0. The minimum atomic E-state index is -5.50. The summed E-state index contributed by atoms with van der Waals surface area (Å²) in [6.45, 7) is 0. The SMILES string of the molecule is O=S(=O)(O)c1cc(S(=O)(=O)O)c2c(N=C(O)c3ccc(F)c(N=C(O)c4cccc(N=C(O)Nc5cccc(C(O)=Nc6cc(C(O)=Nc7ccc(S(=O)(=O)O)c8cc(S(=O)(=O)O)cc(S(=O)(=O)O)c78)ccc6F)c5)c4)c3)ccc(S(=O)(=O)O)c2c1. The van der Waals surface area contributed by atoms with E-state index in [1.54, 1.807) is 0 Å². The third-order valence-corrected chi connectivity index (χ3v) is 17.0. The van der Waals surface area contributed by atoms with Gasteiger partial charge in [0.25, 0.3) is 66.7 Å². The summed E-state index contributed by atoms with van der Waals surface area (Å²) in [6.07, 6.45) is 0. The van der Waals surface area contributed by atoms with Gasteiger partial charge in [0, 0.05) is 49.5 Å². The van der Waals surface area contributed by atoms with E-state index in [-0.39, 0.29) is 34.6 Å². The van der Waals surface area contributed by atoms with Crippen molar-refractivity contribution in [2.75, 3.05) is 5.32 Å².